The number of amides is 1. The Morgan fingerprint density at radius 3 is 2.58 bits per heavy atom. The molecule has 1 fully saturated rings. The number of carbonyl (C=O) groups excluding carboxylic acids is 1. The minimum absolute atomic E-state index is 0.124. The van der Waals surface area contributed by atoms with Gasteiger partial charge in [-0.25, -0.2) is 0 Å². The Bertz CT molecular complexity index is 272. The van der Waals surface area contributed by atoms with E-state index in [9.17, 15) is 4.79 Å². The van der Waals surface area contributed by atoms with Gasteiger partial charge in [-0.15, -0.1) is 0 Å². The van der Waals surface area contributed by atoms with Gasteiger partial charge in [0.2, 0.25) is 5.91 Å². The zero-order chi connectivity index (χ0) is 14.5. The fourth-order valence-corrected chi connectivity index (χ4v) is 2.75. The molecule has 0 aromatic heterocycles. The molecule has 112 valence electrons. The average molecular weight is 270 g/mol. The molecule has 1 rings (SSSR count). The monoisotopic (exact) mass is 270 g/mol. The van der Waals surface area contributed by atoms with Crippen LogP contribution in [-0.4, -0.2) is 48.2 Å². The number of hydrogen-bond donors (Lipinski definition) is 2. The van der Waals surface area contributed by atoms with E-state index in [1.165, 1.54) is 12.8 Å². The van der Waals surface area contributed by atoms with Crippen molar-refractivity contribution in [2.45, 2.75) is 53.0 Å². The summed E-state index contributed by atoms with van der Waals surface area (Å²) in [7, 11) is 0. The third kappa shape index (κ3) is 5.49. The number of β-amino-alcohol motifs (C(OH)–C–C–N with tert-alkyl or cyclic N) is 1. The first-order valence-electron chi connectivity index (χ1n) is 7.51. The number of piperidine rings is 1. The Hall–Kier alpha value is -0.610. The highest BCUT2D eigenvalue weighted by atomic mass is 16.3. The lowest BCUT2D eigenvalue weighted by Crippen LogP contribution is -2.53. The summed E-state index contributed by atoms with van der Waals surface area (Å²) < 4.78 is 0. The van der Waals surface area contributed by atoms with E-state index in [4.69, 9.17) is 5.11 Å². The van der Waals surface area contributed by atoms with Gasteiger partial charge in [-0.3, -0.25) is 9.69 Å². The van der Waals surface area contributed by atoms with Crippen molar-refractivity contribution in [3.05, 3.63) is 0 Å². The maximum absolute atomic E-state index is 12.1. The van der Waals surface area contributed by atoms with Crippen molar-refractivity contribution in [3.8, 4) is 0 Å². The Balaban J connectivity index is 2.58. The van der Waals surface area contributed by atoms with E-state index in [2.05, 4.69) is 17.1 Å². The third-order valence-electron chi connectivity index (χ3n) is 3.74. The smallest absolute Gasteiger partial charge is 0.225 e. The molecule has 1 heterocycles. The molecule has 1 amide bonds. The number of nitrogens with zero attached hydrogens (tertiary/aromatic N) is 1. The van der Waals surface area contributed by atoms with Crippen LogP contribution in [0.25, 0.3) is 0 Å². The topological polar surface area (TPSA) is 52.6 Å². The molecule has 0 saturated carbocycles. The van der Waals surface area contributed by atoms with Crippen LogP contribution in [0, 0.1) is 11.3 Å². The number of rotatable bonds is 5. The predicted octanol–water partition coefficient (Wildman–Crippen LogP) is 1.63. The molecule has 2 atom stereocenters. The molecule has 1 aliphatic rings. The van der Waals surface area contributed by atoms with Gasteiger partial charge in [-0.05, 0) is 18.8 Å². The maximum Gasteiger partial charge on any atom is 0.225 e. The summed E-state index contributed by atoms with van der Waals surface area (Å²) >= 11 is 0. The lowest BCUT2D eigenvalue weighted by atomic mass is 9.89. The molecule has 0 bridgehead atoms. The summed E-state index contributed by atoms with van der Waals surface area (Å²) in [5, 5.41) is 12.3. The van der Waals surface area contributed by atoms with E-state index in [0.29, 0.717) is 12.5 Å². The summed E-state index contributed by atoms with van der Waals surface area (Å²) in [5.41, 5.74) is -0.334. The van der Waals surface area contributed by atoms with Gasteiger partial charge in [0, 0.05) is 31.1 Å². The minimum Gasteiger partial charge on any atom is -0.395 e. The van der Waals surface area contributed by atoms with Gasteiger partial charge in [0.1, 0.15) is 0 Å². The second-order valence-corrected chi connectivity index (χ2v) is 6.79. The molecule has 0 aliphatic carbocycles. The van der Waals surface area contributed by atoms with Crippen molar-refractivity contribution in [2.24, 2.45) is 11.3 Å². The number of aliphatic hydroxyl groups excluding tert-OH is 1. The minimum atomic E-state index is -0.334. The maximum atomic E-state index is 12.1. The second-order valence-electron chi connectivity index (χ2n) is 6.79. The highest BCUT2D eigenvalue weighted by Crippen LogP contribution is 2.22. The Morgan fingerprint density at radius 1 is 1.37 bits per heavy atom. The molecular weight excluding hydrogens is 240 g/mol. The molecule has 19 heavy (non-hydrogen) atoms. The molecule has 0 aromatic rings. The fourth-order valence-electron chi connectivity index (χ4n) is 2.75. The first-order chi connectivity index (χ1) is 8.86. The number of likely N-dealkylation sites (tertiary alicyclic amines) is 1. The van der Waals surface area contributed by atoms with Crippen molar-refractivity contribution < 1.29 is 9.90 Å². The third-order valence-corrected chi connectivity index (χ3v) is 3.74. The SMILES string of the molecule is CCCC1CC(NC(=O)C(C)(C)C)CN(CCO)C1. The van der Waals surface area contributed by atoms with E-state index in [1.807, 2.05) is 20.8 Å². The van der Waals surface area contributed by atoms with Gasteiger partial charge in [-0.1, -0.05) is 34.1 Å². The molecule has 2 N–H and O–H groups in total. The molecule has 4 heteroatoms. The lowest BCUT2D eigenvalue weighted by molar-refractivity contribution is -0.129. The number of hydrogen-bond acceptors (Lipinski definition) is 3. The van der Waals surface area contributed by atoms with Crippen molar-refractivity contribution in [3.63, 3.8) is 0 Å². The first-order valence-corrected chi connectivity index (χ1v) is 7.51. The van der Waals surface area contributed by atoms with Crippen molar-refractivity contribution >= 4 is 5.91 Å². The largest absolute Gasteiger partial charge is 0.395 e. The quantitative estimate of drug-likeness (QED) is 0.798. The molecule has 4 nitrogen and oxygen atoms in total. The number of aliphatic hydroxyl groups is 1. The number of carbonyl (C=O) groups is 1. The van der Waals surface area contributed by atoms with Crippen LogP contribution in [0.15, 0.2) is 0 Å². The fraction of sp³-hybridized carbons (Fsp3) is 0.933. The van der Waals surface area contributed by atoms with Crippen LogP contribution in [0.2, 0.25) is 0 Å². The highest BCUT2D eigenvalue weighted by molar-refractivity contribution is 5.81. The molecule has 0 spiro atoms. The molecule has 1 saturated heterocycles. The van der Waals surface area contributed by atoms with Gasteiger partial charge in [0.25, 0.3) is 0 Å². The van der Waals surface area contributed by atoms with Gasteiger partial charge in [0.05, 0.1) is 6.61 Å². The van der Waals surface area contributed by atoms with E-state index in [0.717, 1.165) is 19.5 Å². The predicted molar refractivity (Wildman–Crippen MR) is 77.9 cm³/mol. The normalized spacial score (nSPS) is 25.3. The Labute approximate surface area is 117 Å². The Morgan fingerprint density at radius 2 is 2.05 bits per heavy atom. The second kappa shape index (κ2) is 7.25. The van der Waals surface area contributed by atoms with Crippen molar-refractivity contribution in [1.29, 1.82) is 0 Å². The summed E-state index contributed by atoms with van der Waals surface area (Å²) in [6, 6.07) is 0.226. The van der Waals surface area contributed by atoms with Crippen molar-refractivity contribution in [2.75, 3.05) is 26.2 Å². The van der Waals surface area contributed by atoms with Crippen molar-refractivity contribution in [1.82, 2.24) is 10.2 Å². The summed E-state index contributed by atoms with van der Waals surface area (Å²) in [4.78, 5) is 14.4. The molecule has 2 unspecified atom stereocenters. The molecule has 0 radical (unpaired) electrons. The zero-order valence-electron chi connectivity index (χ0n) is 12.9. The van der Waals surface area contributed by atoms with E-state index in [1.54, 1.807) is 0 Å². The van der Waals surface area contributed by atoms with Crippen LogP contribution in [0.3, 0.4) is 0 Å². The zero-order valence-corrected chi connectivity index (χ0v) is 12.9. The van der Waals surface area contributed by atoms with Crippen LogP contribution in [0.1, 0.15) is 47.0 Å². The van der Waals surface area contributed by atoms with Crippen LogP contribution >= 0.6 is 0 Å². The first kappa shape index (κ1) is 16.4. The van der Waals surface area contributed by atoms with Crippen LogP contribution in [-0.2, 0) is 4.79 Å². The Kier molecular flexibility index (Phi) is 6.27. The van der Waals surface area contributed by atoms with Crippen LogP contribution in [0.5, 0.6) is 0 Å². The lowest BCUT2D eigenvalue weighted by Gasteiger charge is -2.38. The van der Waals surface area contributed by atoms with Gasteiger partial charge >= 0.3 is 0 Å². The van der Waals surface area contributed by atoms with E-state index >= 15 is 0 Å². The standard InChI is InChI=1S/C15H30N2O2/c1-5-6-12-9-13(11-17(10-12)7-8-18)16-14(19)15(2,3)4/h12-13,18H,5-11H2,1-4H3,(H,16,19). The average Bonchev–Trinajstić information content (AvgIpc) is 2.28. The van der Waals surface area contributed by atoms with Gasteiger partial charge in [-0.2, -0.15) is 0 Å². The van der Waals surface area contributed by atoms with E-state index in [-0.39, 0.29) is 24.0 Å². The highest BCUT2D eigenvalue weighted by Gasteiger charge is 2.30. The van der Waals surface area contributed by atoms with Crippen LogP contribution in [0.4, 0.5) is 0 Å². The summed E-state index contributed by atoms with van der Waals surface area (Å²) in [6.07, 6.45) is 3.44. The number of nitrogens with one attached hydrogen (secondary N) is 1. The molecule has 0 aromatic carbocycles. The summed E-state index contributed by atoms with van der Waals surface area (Å²) in [6.45, 7) is 10.9. The molecular formula is C15H30N2O2. The van der Waals surface area contributed by atoms with Crippen LogP contribution < -0.4 is 5.32 Å². The van der Waals surface area contributed by atoms with Gasteiger partial charge < -0.3 is 10.4 Å². The van der Waals surface area contributed by atoms with E-state index < -0.39 is 0 Å². The van der Waals surface area contributed by atoms with Gasteiger partial charge in [0.15, 0.2) is 0 Å². The molecule has 1 aliphatic heterocycles. The summed E-state index contributed by atoms with van der Waals surface area (Å²) in [5.74, 6) is 0.758.